The molecule has 5 aromatic rings. The summed E-state index contributed by atoms with van der Waals surface area (Å²) in [6.07, 6.45) is 3.88. The second-order valence-corrected chi connectivity index (χ2v) is 10.7. The van der Waals surface area contributed by atoms with Crippen molar-refractivity contribution in [1.82, 2.24) is 9.78 Å². The highest BCUT2D eigenvalue weighted by Crippen LogP contribution is 2.32. The highest BCUT2D eigenvalue weighted by atomic mass is 32.2. The number of anilines is 1. The molecule has 0 fully saturated rings. The third kappa shape index (κ3) is 5.71. The molecule has 6 nitrogen and oxygen atoms in total. The first kappa shape index (κ1) is 26.3. The standard InChI is InChI=1S/C34H28N4O2S/c1-24-16-18-30(19-17-24)41-23-32-31(34(39)38(35-32)28-13-7-4-8-14-28)21-26-22-37(27-11-5-3-6-12-27)36-33(26)25-10-9-15-29(20-25)40-2/h3-22H,23H2,1-2H3. The van der Waals surface area contributed by atoms with E-state index in [1.165, 1.54) is 10.6 Å². The van der Waals surface area contributed by atoms with Crippen LogP contribution in [0.25, 0.3) is 23.0 Å². The number of thioether (sulfide) groups is 1. The molecule has 0 saturated carbocycles. The van der Waals surface area contributed by atoms with Gasteiger partial charge in [0.25, 0.3) is 5.91 Å². The van der Waals surface area contributed by atoms with Gasteiger partial charge in [-0.3, -0.25) is 4.79 Å². The Bertz CT molecular complexity index is 1740. The van der Waals surface area contributed by atoms with Crippen LogP contribution >= 0.6 is 11.8 Å². The minimum absolute atomic E-state index is 0.167. The van der Waals surface area contributed by atoms with Crippen LogP contribution in [0.15, 0.2) is 131 Å². The van der Waals surface area contributed by atoms with Crippen molar-refractivity contribution in [3.63, 3.8) is 0 Å². The van der Waals surface area contributed by atoms with E-state index in [0.717, 1.165) is 38.8 Å². The summed E-state index contributed by atoms with van der Waals surface area (Å²) in [6.45, 7) is 2.07. The van der Waals surface area contributed by atoms with Crippen LogP contribution in [-0.2, 0) is 4.79 Å². The SMILES string of the molecule is COc1cccc(-c2nn(-c3ccccc3)cc2C=C2C(=O)N(c3ccccc3)N=C2CSc2ccc(C)cc2)c1. The molecule has 41 heavy (non-hydrogen) atoms. The first-order valence-electron chi connectivity index (χ1n) is 13.3. The van der Waals surface area contributed by atoms with Crippen molar-refractivity contribution in [2.45, 2.75) is 11.8 Å². The summed E-state index contributed by atoms with van der Waals surface area (Å²) < 4.78 is 7.33. The Balaban J connectivity index is 1.44. The first-order chi connectivity index (χ1) is 20.1. The molecule has 4 aromatic carbocycles. The van der Waals surface area contributed by atoms with Gasteiger partial charge in [0.15, 0.2) is 0 Å². The fourth-order valence-electron chi connectivity index (χ4n) is 4.60. The monoisotopic (exact) mass is 556 g/mol. The summed E-state index contributed by atoms with van der Waals surface area (Å²) in [5.41, 5.74) is 6.58. The van der Waals surface area contributed by atoms with Gasteiger partial charge in [-0.25, -0.2) is 4.68 Å². The molecule has 0 N–H and O–H groups in total. The number of methoxy groups -OCH3 is 1. The van der Waals surface area contributed by atoms with E-state index in [1.807, 2.05) is 102 Å². The van der Waals surface area contributed by atoms with Crippen molar-refractivity contribution in [2.75, 3.05) is 17.9 Å². The fraction of sp³-hybridized carbons (Fsp3) is 0.0882. The second kappa shape index (κ2) is 11.7. The number of amides is 1. The maximum absolute atomic E-state index is 13.9. The molecule has 0 radical (unpaired) electrons. The van der Waals surface area contributed by atoms with Gasteiger partial charge in [0, 0.05) is 28.0 Å². The van der Waals surface area contributed by atoms with Crippen molar-refractivity contribution in [1.29, 1.82) is 0 Å². The molecule has 7 heteroatoms. The minimum Gasteiger partial charge on any atom is -0.497 e. The van der Waals surface area contributed by atoms with E-state index in [0.29, 0.717) is 17.0 Å². The third-order valence-corrected chi connectivity index (χ3v) is 7.78. The fourth-order valence-corrected chi connectivity index (χ4v) is 5.44. The number of carbonyl (C=O) groups is 1. The highest BCUT2D eigenvalue weighted by molar-refractivity contribution is 8.00. The summed E-state index contributed by atoms with van der Waals surface area (Å²) in [5.74, 6) is 1.12. The number of hydrogen-bond donors (Lipinski definition) is 0. The topological polar surface area (TPSA) is 59.7 Å². The van der Waals surface area contributed by atoms with E-state index in [2.05, 4.69) is 31.2 Å². The lowest BCUT2D eigenvalue weighted by molar-refractivity contribution is -0.114. The van der Waals surface area contributed by atoms with Crippen LogP contribution in [0.5, 0.6) is 5.75 Å². The van der Waals surface area contributed by atoms with Crippen LogP contribution in [0, 0.1) is 6.92 Å². The maximum Gasteiger partial charge on any atom is 0.280 e. The van der Waals surface area contributed by atoms with Crippen molar-refractivity contribution >= 4 is 35.1 Å². The lowest BCUT2D eigenvalue weighted by atomic mass is 10.0. The number of carbonyl (C=O) groups excluding carboxylic acids is 1. The molecule has 0 bridgehead atoms. The summed E-state index contributed by atoms with van der Waals surface area (Å²) in [4.78, 5) is 15.0. The van der Waals surface area contributed by atoms with Crippen LogP contribution in [0.3, 0.4) is 0 Å². The molecule has 1 amide bonds. The molecule has 6 rings (SSSR count). The number of ether oxygens (including phenoxy) is 1. The number of hydrazone groups is 1. The largest absolute Gasteiger partial charge is 0.497 e. The van der Waals surface area contributed by atoms with Crippen LogP contribution in [0.2, 0.25) is 0 Å². The van der Waals surface area contributed by atoms with Crippen molar-refractivity contribution in [2.24, 2.45) is 5.10 Å². The van der Waals surface area contributed by atoms with E-state index in [1.54, 1.807) is 18.9 Å². The Labute approximate surface area is 243 Å². The molecule has 1 aromatic heterocycles. The zero-order valence-electron chi connectivity index (χ0n) is 22.8. The van der Waals surface area contributed by atoms with E-state index >= 15 is 0 Å². The van der Waals surface area contributed by atoms with Gasteiger partial charge in [-0.2, -0.15) is 15.2 Å². The average Bonchev–Trinajstić information content (AvgIpc) is 3.59. The van der Waals surface area contributed by atoms with Gasteiger partial charge in [-0.1, -0.05) is 66.2 Å². The Kier molecular flexibility index (Phi) is 7.52. The molecule has 1 aliphatic heterocycles. The Morgan fingerprint density at radius 1 is 0.854 bits per heavy atom. The summed E-state index contributed by atoms with van der Waals surface area (Å²) >= 11 is 1.66. The van der Waals surface area contributed by atoms with E-state index in [9.17, 15) is 4.79 Å². The third-order valence-electron chi connectivity index (χ3n) is 6.76. The highest BCUT2D eigenvalue weighted by Gasteiger charge is 2.31. The zero-order valence-corrected chi connectivity index (χ0v) is 23.6. The summed E-state index contributed by atoms with van der Waals surface area (Å²) in [5, 5.41) is 11.2. The van der Waals surface area contributed by atoms with Gasteiger partial charge in [-0.15, -0.1) is 11.8 Å². The van der Waals surface area contributed by atoms with Gasteiger partial charge in [-0.05, 0) is 61.5 Å². The number of rotatable bonds is 8. The number of aromatic nitrogens is 2. The average molecular weight is 557 g/mol. The normalized spacial score (nSPS) is 14.0. The van der Waals surface area contributed by atoms with Crippen molar-refractivity contribution in [3.8, 4) is 22.7 Å². The summed E-state index contributed by atoms with van der Waals surface area (Å²) in [6, 6.07) is 35.6. The maximum atomic E-state index is 13.9. The molecule has 202 valence electrons. The molecule has 2 heterocycles. The molecule has 1 aliphatic rings. The quantitative estimate of drug-likeness (QED) is 0.147. The molecular formula is C34H28N4O2S. The van der Waals surface area contributed by atoms with Crippen LogP contribution < -0.4 is 9.75 Å². The first-order valence-corrected chi connectivity index (χ1v) is 14.3. The van der Waals surface area contributed by atoms with Gasteiger partial charge in [0.05, 0.1) is 29.8 Å². The lowest BCUT2D eigenvalue weighted by Gasteiger charge is -2.11. The molecule has 0 atom stereocenters. The number of nitrogens with zero attached hydrogens (tertiary/aromatic N) is 4. The Morgan fingerprint density at radius 2 is 1.56 bits per heavy atom. The van der Waals surface area contributed by atoms with Crippen molar-refractivity contribution in [3.05, 3.63) is 132 Å². The van der Waals surface area contributed by atoms with Gasteiger partial charge >= 0.3 is 0 Å². The Morgan fingerprint density at radius 3 is 2.27 bits per heavy atom. The lowest BCUT2D eigenvalue weighted by Crippen LogP contribution is -2.21. The molecule has 0 unspecified atom stereocenters. The predicted octanol–water partition coefficient (Wildman–Crippen LogP) is 7.43. The van der Waals surface area contributed by atoms with E-state index in [-0.39, 0.29) is 5.91 Å². The zero-order chi connectivity index (χ0) is 28.2. The smallest absolute Gasteiger partial charge is 0.280 e. The minimum atomic E-state index is -0.167. The molecule has 0 aliphatic carbocycles. The second-order valence-electron chi connectivity index (χ2n) is 9.60. The number of benzene rings is 4. The summed E-state index contributed by atoms with van der Waals surface area (Å²) in [7, 11) is 1.65. The Hall–Kier alpha value is -4.88. The number of aryl methyl sites for hydroxylation is 1. The molecule has 0 spiro atoms. The van der Waals surface area contributed by atoms with E-state index < -0.39 is 0 Å². The van der Waals surface area contributed by atoms with E-state index in [4.69, 9.17) is 14.9 Å². The van der Waals surface area contributed by atoms with Crippen LogP contribution in [-0.4, -0.2) is 34.3 Å². The predicted molar refractivity (Wildman–Crippen MR) is 167 cm³/mol. The van der Waals surface area contributed by atoms with Gasteiger partial charge in [0.1, 0.15) is 11.4 Å². The number of para-hydroxylation sites is 2. The van der Waals surface area contributed by atoms with Gasteiger partial charge < -0.3 is 4.74 Å². The van der Waals surface area contributed by atoms with Gasteiger partial charge in [0.2, 0.25) is 0 Å². The molecule has 0 saturated heterocycles. The number of hydrogen-bond acceptors (Lipinski definition) is 5. The molecular weight excluding hydrogens is 528 g/mol. The van der Waals surface area contributed by atoms with Crippen molar-refractivity contribution < 1.29 is 9.53 Å². The van der Waals surface area contributed by atoms with Crippen LogP contribution in [0.1, 0.15) is 11.1 Å². The van der Waals surface area contributed by atoms with Crippen LogP contribution in [0.4, 0.5) is 5.69 Å².